The summed E-state index contributed by atoms with van der Waals surface area (Å²) in [5.41, 5.74) is 2.96. The maximum atomic E-state index is 13.0. The van der Waals surface area contributed by atoms with Crippen LogP contribution in [0.2, 0.25) is 0 Å². The molecule has 0 spiro atoms. The molecule has 0 bridgehead atoms. The molecule has 0 aliphatic carbocycles. The smallest absolute Gasteiger partial charge is 0.227 e. The van der Waals surface area contributed by atoms with Gasteiger partial charge in [0.1, 0.15) is 0 Å². The van der Waals surface area contributed by atoms with E-state index >= 15 is 0 Å². The van der Waals surface area contributed by atoms with Gasteiger partial charge in [-0.3, -0.25) is 9.78 Å². The number of anilines is 1. The predicted molar refractivity (Wildman–Crippen MR) is 113 cm³/mol. The molecule has 1 atom stereocenters. The Balaban J connectivity index is 1.40. The maximum absolute atomic E-state index is 13.0. The summed E-state index contributed by atoms with van der Waals surface area (Å²) in [6.45, 7) is 2.22. The molecule has 29 heavy (non-hydrogen) atoms. The molecule has 6 nitrogen and oxygen atoms in total. The van der Waals surface area contributed by atoms with Crippen LogP contribution in [-0.4, -0.2) is 46.1 Å². The second-order valence-corrected chi connectivity index (χ2v) is 7.48. The molecule has 1 amide bonds. The van der Waals surface area contributed by atoms with Crippen molar-refractivity contribution in [1.29, 1.82) is 0 Å². The largest absolute Gasteiger partial charge is 0.354 e. The first-order valence-corrected chi connectivity index (χ1v) is 9.98. The van der Waals surface area contributed by atoms with E-state index in [0.717, 1.165) is 42.0 Å². The van der Waals surface area contributed by atoms with Crippen molar-refractivity contribution in [3.05, 3.63) is 72.6 Å². The lowest BCUT2D eigenvalue weighted by Gasteiger charge is -2.34. The van der Waals surface area contributed by atoms with Gasteiger partial charge in [-0.2, -0.15) is 0 Å². The number of rotatable bonds is 5. The van der Waals surface area contributed by atoms with Crippen LogP contribution in [0.5, 0.6) is 0 Å². The zero-order valence-corrected chi connectivity index (χ0v) is 16.6. The van der Waals surface area contributed by atoms with E-state index in [0.29, 0.717) is 13.1 Å². The van der Waals surface area contributed by atoms with Crippen LogP contribution < -0.4 is 4.90 Å². The number of aromatic nitrogens is 3. The molecule has 1 aliphatic rings. The molecular weight excluding hydrogens is 362 g/mol. The average molecular weight is 387 g/mol. The Labute approximate surface area is 171 Å². The first-order valence-electron chi connectivity index (χ1n) is 9.98. The summed E-state index contributed by atoms with van der Waals surface area (Å²) in [5, 5.41) is 8.79. The van der Waals surface area contributed by atoms with E-state index in [9.17, 15) is 4.79 Å². The van der Waals surface area contributed by atoms with Gasteiger partial charge >= 0.3 is 0 Å². The fourth-order valence-electron chi connectivity index (χ4n) is 3.80. The average Bonchev–Trinajstić information content (AvgIpc) is 2.80. The van der Waals surface area contributed by atoms with Gasteiger partial charge in [-0.15, -0.1) is 10.2 Å². The predicted octanol–water partition coefficient (Wildman–Crippen LogP) is 3.41. The van der Waals surface area contributed by atoms with Gasteiger partial charge in [0.2, 0.25) is 5.91 Å². The van der Waals surface area contributed by atoms with Crippen molar-refractivity contribution in [2.45, 2.75) is 19.4 Å². The highest BCUT2D eigenvalue weighted by Crippen LogP contribution is 2.24. The molecule has 0 radical (unpaired) electrons. The molecule has 1 aromatic carbocycles. The molecule has 0 N–H and O–H groups in total. The standard InChI is InChI=1S/C23H25N5O/c1-27(16-18-6-3-2-4-7-18)23(29)20-8-5-15-28(17-20)22-10-9-21(25-26-22)19-11-13-24-14-12-19/h2-4,6-7,9-14,20H,5,8,15-17H2,1H3. The number of piperidine rings is 1. The van der Waals surface area contributed by atoms with Crippen LogP contribution in [-0.2, 0) is 11.3 Å². The Morgan fingerprint density at radius 1 is 1.07 bits per heavy atom. The second kappa shape index (κ2) is 8.82. The third-order valence-electron chi connectivity index (χ3n) is 5.36. The van der Waals surface area contributed by atoms with Gasteiger partial charge in [-0.1, -0.05) is 30.3 Å². The van der Waals surface area contributed by atoms with E-state index < -0.39 is 0 Å². The van der Waals surface area contributed by atoms with Crippen molar-refractivity contribution in [3.8, 4) is 11.3 Å². The van der Waals surface area contributed by atoms with Crippen LogP contribution in [0, 0.1) is 5.92 Å². The fourth-order valence-corrected chi connectivity index (χ4v) is 3.80. The van der Waals surface area contributed by atoms with Crippen LogP contribution in [0.15, 0.2) is 67.0 Å². The first kappa shape index (κ1) is 19.1. The van der Waals surface area contributed by atoms with Crippen LogP contribution in [0.1, 0.15) is 18.4 Å². The minimum Gasteiger partial charge on any atom is -0.354 e. The first-order chi connectivity index (χ1) is 14.2. The third-order valence-corrected chi connectivity index (χ3v) is 5.36. The van der Waals surface area contributed by atoms with Gasteiger partial charge < -0.3 is 9.80 Å². The minimum atomic E-state index is -0.0147. The van der Waals surface area contributed by atoms with Crippen molar-refractivity contribution < 1.29 is 4.79 Å². The van der Waals surface area contributed by atoms with Gasteiger partial charge in [0.25, 0.3) is 0 Å². The van der Waals surface area contributed by atoms with Crippen molar-refractivity contribution in [2.75, 3.05) is 25.0 Å². The summed E-state index contributed by atoms with van der Waals surface area (Å²) < 4.78 is 0. The monoisotopic (exact) mass is 387 g/mol. The molecule has 1 saturated heterocycles. The highest BCUT2D eigenvalue weighted by Gasteiger charge is 2.28. The lowest BCUT2D eigenvalue weighted by molar-refractivity contribution is -0.135. The molecule has 1 aliphatic heterocycles. The number of benzene rings is 1. The molecule has 3 aromatic rings. The third kappa shape index (κ3) is 4.59. The molecular formula is C23H25N5O. The Kier molecular flexibility index (Phi) is 5.79. The zero-order valence-electron chi connectivity index (χ0n) is 16.6. The summed E-state index contributed by atoms with van der Waals surface area (Å²) in [7, 11) is 1.89. The van der Waals surface area contributed by atoms with Crippen LogP contribution in [0.25, 0.3) is 11.3 Å². The van der Waals surface area contributed by atoms with Crippen molar-refractivity contribution >= 4 is 11.7 Å². The lowest BCUT2D eigenvalue weighted by atomic mass is 9.96. The highest BCUT2D eigenvalue weighted by atomic mass is 16.2. The van der Waals surface area contributed by atoms with Crippen molar-refractivity contribution in [1.82, 2.24) is 20.1 Å². The van der Waals surface area contributed by atoms with Gasteiger partial charge in [0.05, 0.1) is 11.6 Å². The summed E-state index contributed by atoms with van der Waals surface area (Å²) in [6.07, 6.45) is 5.38. The van der Waals surface area contributed by atoms with Gasteiger partial charge in [-0.05, 0) is 42.7 Å². The van der Waals surface area contributed by atoms with E-state index in [1.807, 2.05) is 54.4 Å². The lowest BCUT2D eigenvalue weighted by Crippen LogP contribution is -2.43. The number of hydrogen-bond acceptors (Lipinski definition) is 5. The summed E-state index contributed by atoms with van der Waals surface area (Å²) >= 11 is 0. The van der Waals surface area contributed by atoms with Crippen LogP contribution >= 0.6 is 0 Å². The van der Waals surface area contributed by atoms with Gasteiger partial charge in [0, 0.05) is 44.6 Å². The SMILES string of the molecule is CN(Cc1ccccc1)C(=O)C1CCCN(c2ccc(-c3ccncc3)nn2)C1. The quantitative estimate of drug-likeness (QED) is 0.671. The number of hydrogen-bond donors (Lipinski definition) is 0. The van der Waals surface area contributed by atoms with E-state index in [4.69, 9.17) is 0 Å². The number of pyridine rings is 1. The van der Waals surface area contributed by atoms with Crippen LogP contribution in [0.4, 0.5) is 5.82 Å². The molecule has 1 unspecified atom stereocenters. The van der Waals surface area contributed by atoms with E-state index in [1.165, 1.54) is 0 Å². The Morgan fingerprint density at radius 2 is 1.86 bits per heavy atom. The van der Waals surface area contributed by atoms with Gasteiger partial charge in [0.15, 0.2) is 5.82 Å². The molecule has 1 fully saturated rings. The number of carbonyl (C=O) groups is 1. The normalized spacial score (nSPS) is 16.4. The zero-order chi connectivity index (χ0) is 20.1. The maximum Gasteiger partial charge on any atom is 0.227 e. The van der Waals surface area contributed by atoms with E-state index in [-0.39, 0.29) is 11.8 Å². The molecule has 6 heteroatoms. The molecule has 3 heterocycles. The Hall–Kier alpha value is -3.28. The van der Waals surface area contributed by atoms with Crippen LogP contribution in [0.3, 0.4) is 0 Å². The van der Waals surface area contributed by atoms with E-state index in [2.05, 4.69) is 32.2 Å². The molecule has 148 valence electrons. The van der Waals surface area contributed by atoms with E-state index in [1.54, 1.807) is 12.4 Å². The number of amides is 1. The Morgan fingerprint density at radius 3 is 2.59 bits per heavy atom. The van der Waals surface area contributed by atoms with Crippen molar-refractivity contribution in [3.63, 3.8) is 0 Å². The number of nitrogens with zero attached hydrogens (tertiary/aromatic N) is 5. The Bertz CT molecular complexity index is 931. The molecule has 4 rings (SSSR count). The fraction of sp³-hybridized carbons (Fsp3) is 0.304. The second-order valence-electron chi connectivity index (χ2n) is 7.48. The highest BCUT2D eigenvalue weighted by molar-refractivity contribution is 5.79. The number of carbonyl (C=O) groups excluding carboxylic acids is 1. The van der Waals surface area contributed by atoms with Crippen molar-refractivity contribution in [2.24, 2.45) is 5.92 Å². The summed E-state index contributed by atoms with van der Waals surface area (Å²) in [4.78, 5) is 21.0. The topological polar surface area (TPSA) is 62.2 Å². The molecule has 2 aromatic heterocycles. The summed E-state index contributed by atoms with van der Waals surface area (Å²) in [6, 6.07) is 17.9. The van der Waals surface area contributed by atoms with Gasteiger partial charge in [-0.25, -0.2) is 0 Å². The molecule has 0 saturated carbocycles. The summed E-state index contributed by atoms with van der Waals surface area (Å²) in [5.74, 6) is 1.00. The minimum absolute atomic E-state index is 0.0147.